The average molecular weight is 449 g/mol. The fourth-order valence-electron chi connectivity index (χ4n) is 4.55. The molecule has 2 aliphatic rings. The predicted molar refractivity (Wildman–Crippen MR) is 130 cm³/mol. The molecule has 2 aromatic carbocycles. The number of hydrogen-bond acceptors (Lipinski definition) is 3. The number of amides is 2. The Bertz CT molecular complexity index is 968. The van der Waals surface area contributed by atoms with E-state index < -0.39 is 6.10 Å². The minimum absolute atomic E-state index is 0.0685. The van der Waals surface area contributed by atoms with Gasteiger partial charge in [0.2, 0.25) is 5.91 Å². The minimum atomic E-state index is -0.529. The number of rotatable bonds is 9. The zero-order chi connectivity index (χ0) is 23.4. The highest BCUT2D eigenvalue weighted by atomic mass is 16.5. The molecule has 2 atom stereocenters. The number of nitrogens with zero attached hydrogens (tertiary/aromatic N) is 1. The summed E-state index contributed by atoms with van der Waals surface area (Å²) in [5.41, 5.74) is 3.46. The van der Waals surface area contributed by atoms with Crippen molar-refractivity contribution >= 4 is 11.8 Å². The highest BCUT2D eigenvalue weighted by Crippen LogP contribution is 2.41. The van der Waals surface area contributed by atoms with E-state index in [1.807, 2.05) is 37.3 Å². The molecule has 0 spiro atoms. The molecule has 0 radical (unpaired) electrons. The Morgan fingerprint density at radius 2 is 1.88 bits per heavy atom. The Balaban J connectivity index is 1.58. The first-order valence-electron chi connectivity index (χ1n) is 12.4. The summed E-state index contributed by atoms with van der Waals surface area (Å²) in [6, 6.07) is 16.2. The van der Waals surface area contributed by atoms with E-state index in [1.54, 1.807) is 0 Å². The van der Waals surface area contributed by atoms with Gasteiger partial charge in [0.15, 0.2) is 6.10 Å². The minimum Gasteiger partial charge on any atom is -0.481 e. The maximum atomic E-state index is 13.1. The van der Waals surface area contributed by atoms with Crippen LogP contribution in [0.4, 0.5) is 0 Å². The van der Waals surface area contributed by atoms with E-state index in [4.69, 9.17) is 4.74 Å². The Morgan fingerprint density at radius 3 is 2.55 bits per heavy atom. The number of fused-ring (bicyclic) bond motifs is 1. The van der Waals surface area contributed by atoms with E-state index >= 15 is 0 Å². The maximum absolute atomic E-state index is 13.1. The van der Waals surface area contributed by atoms with E-state index in [2.05, 4.69) is 42.3 Å². The lowest BCUT2D eigenvalue weighted by Gasteiger charge is -2.38. The quantitative estimate of drug-likeness (QED) is 0.594. The van der Waals surface area contributed by atoms with Crippen LogP contribution in [0.2, 0.25) is 0 Å². The van der Waals surface area contributed by atoms with Crippen LogP contribution in [-0.2, 0) is 16.0 Å². The molecular formula is C28H36N2O3. The van der Waals surface area contributed by atoms with Crippen LogP contribution in [0.5, 0.6) is 5.75 Å². The van der Waals surface area contributed by atoms with Gasteiger partial charge in [-0.3, -0.25) is 9.59 Å². The predicted octanol–water partition coefficient (Wildman–Crippen LogP) is 4.89. The second kappa shape index (κ2) is 10.4. The van der Waals surface area contributed by atoms with Crippen molar-refractivity contribution in [1.29, 1.82) is 0 Å². The van der Waals surface area contributed by atoms with Gasteiger partial charge >= 0.3 is 0 Å². The molecule has 1 aliphatic carbocycles. The van der Waals surface area contributed by atoms with E-state index in [0.29, 0.717) is 24.6 Å². The van der Waals surface area contributed by atoms with Crippen molar-refractivity contribution in [2.75, 3.05) is 13.1 Å². The summed E-state index contributed by atoms with van der Waals surface area (Å²) in [4.78, 5) is 27.9. The number of carbonyl (C=O) groups excluding carboxylic acids is 2. The summed E-state index contributed by atoms with van der Waals surface area (Å²) < 4.78 is 6.17. The lowest BCUT2D eigenvalue weighted by atomic mass is 9.87. The molecule has 0 unspecified atom stereocenters. The van der Waals surface area contributed by atoms with Crippen LogP contribution in [0.1, 0.15) is 69.2 Å². The zero-order valence-electron chi connectivity index (χ0n) is 20.0. The number of hydrogen-bond donors (Lipinski definition) is 1. The second-order valence-electron chi connectivity index (χ2n) is 9.72. The first-order valence-corrected chi connectivity index (χ1v) is 12.4. The molecule has 5 nitrogen and oxygen atoms in total. The van der Waals surface area contributed by atoms with Gasteiger partial charge in [-0.25, -0.2) is 0 Å². The van der Waals surface area contributed by atoms with Crippen molar-refractivity contribution in [1.82, 2.24) is 10.2 Å². The smallest absolute Gasteiger partial charge is 0.261 e. The number of benzene rings is 2. The van der Waals surface area contributed by atoms with Gasteiger partial charge in [-0.15, -0.1) is 0 Å². The molecule has 1 aliphatic heterocycles. The standard InChI is InChI=1S/C28H36N2O3/c1-4-25(27(31)29-16-14-19(2)3)33-23-13-12-20-15-17-30(28(32)22-10-11-22)26(24(20)18-23)21-8-6-5-7-9-21/h5-9,12-13,18-19,22,25-26H,4,10-11,14-17H2,1-3H3,(H,29,31)/t25-,26+/m1/s1. The third-order valence-corrected chi connectivity index (χ3v) is 6.63. The van der Waals surface area contributed by atoms with Gasteiger partial charge in [0.05, 0.1) is 6.04 Å². The van der Waals surface area contributed by atoms with Crippen LogP contribution in [0.25, 0.3) is 0 Å². The molecule has 1 fully saturated rings. The summed E-state index contributed by atoms with van der Waals surface area (Å²) >= 11 is 0. The lowest BCUT2D eigenvalue weighted by molar-refractivity contribution is -0.134. The second-order valence-corrected chi connectivity index (χ2v) is 9.72. The van der Waals surface area contributed by atoms with Crippen LogP contribution in [0, 0.1) is 11.8 Å². The van der Waals surface area contributed by atoms with E-state index in [1.165, 1.54) is 5.56 Å². The number of nitrogens with one attached hydrogen (secondary N) is 1. The van der Waals surface area contributed by atoms with Gasteiger partial charge in [0.25, 0.3) is 5.91 Å². The lowest BCUT2D eigenvalue weighted by Crippen LogP contribution is -2.41. The monoisotopic (exact) mass is 448 g/mol. The summed E-state index contributed by atoms with van der Waals surface area (Å²) in [6.07, 6.45) is 3.85. The average Bonchev–Trinajstić information content (AvgIpc) is 3.67. The SMILES string of the molecule is CC[C@@H](Oc1ccc2c(c1)[C@H](c1ccccc1)N(C(=O)C1CC1)CC2)C(=O)NCCC(C)C. The van der Waals surface area contributed by atoms with E-state index in [0.717, 1.165) is 43.4 Å². The van der Waals surface area contributed by atoms with Crippen molar-refractivity contribution in [3.05, 3.63) is 65.2 Å². The van der Waals surface area contributed by atoms with Gasteiger partial charge in [-0.2, -0.15) is 0 Å². The molecule has 0 saturated heterocycles. The topological polar surface area (TPSA) is 58.6 Å². The largest absolute Gasteiger partial charge is 0.481 e. The highest BCUT2D eigenvalue weighted by molar-refractivity contribution is 5.82. The van der Waals surface area contributed by atoms with Gasteiger partial charge in [0.1, 0.15) is 5.75 Å². The molecule has 176 valence electrons. The van der Waals surface area contributed by atoms with Gasteiger partial charge < -0.3 is 15.0 Å². The third-order valence-electron chi connectivity index (χ3n) is 6.63. The van der Waals surface area contributed by atoms with Crippen molar-refractivity contribution in [2.45, 2.75) is 65.0 Å². The van der Waals surface area contributed by atoms with Gasteiger partial charge in [0, 0.05) is 19.0 Å². The van der Waals surface area contributed by atoms with Crippen molar-refractivity contribution in [2.24, 2.45) is 11.8 Å². The first kappa shape index (κ1) is 23.3. The van der Waals surface area contributed by atoms with Crippen molar-refractivity contribution in [3.63, 3.8) is 0 Å². The van der Waals surface area contributed by atoms with E-state index in [-0.39, 0.29) is 23.8 Å². The summed E-state index contributed by atoms with van der Waals surface area (Å²) in [5, 5.41) is 3.01. The summed E-state index contributed by atoms with van der Waals surface area (Å²) in [5.74, 6) is 1.60. The summed E-state index contributed by atoms with van der Waals surface area (Å²) in [6.45, 7) is 7.65. The Hall–Kier alpha value is -2.82. The van der Waals surface area contributed by atoms with E-state index in [9.17, 15) is 9.59 Å². The van der Waals surface area contributed by atoms with Crippen molar-refractivity contribution in [3.8, 4) is 5.75 Å². The van der Waals surface area contributed by atoms with Crippen LogP contribution in [0.15, 0.2) is 48.5 Å². The molecule has 0 bridgehead atoms. The summed E-state index contributed by atoms with van der Waals surface area (Å²) in [7, 11) is 0. The van der Waals surface area contributed by atoms with Gasteiger partial charge in [-0.05, 0) is 66.8 Å². The molecule has 1 saturated carbocycles. The Morgan fingerprint density at radius 1 is 1.12 bits per heavy atom. The molecule has 2 aromatic rings. The fourth-order valence-corrected chi connectivity index (χ4v) is 4.55. The van der Waals surface area contributed by atoms with Gasteiger partial charge in [-0.1, -0.05) is 57.2 Å². The molecule has 1 N–H and O–H groups in total. The fraction of sp³-hybridized carbons (Fsp3) is 0.500. The Kier molecular flexibility index (Phi) is 7.36. The number of ether oxygens (including phenoxy) is 1. The molecule has 5 heteroatoms. The van der Waals surface area contributed by atoms with Crippen molar-refractivity contribution < 1.29 is 14.3 Å². The molecule has 33 heavy (non-hydrogen) atoms. The molecule has 4 rings (SSSR count). The molecule has 0 aromatic heterocycles. The van der Waals surface area contributed by atoms with Crippen LogP contribution >= 0.6 is 0 Å². The molecule has 1 heterocycles. The van der Waals surface area contributed by atoms with Crippen LogP contribution < -0.4 is 10.1 Å². The first-order chi connectivity index (χ1) is 16.0. The van der Waals surface area contributed by atoms with Crippen LogP contribution in [0.3, 0.4) is 0 Å². The third kappa shape index (κ3) is 5.58. The highest BCUT2D eigenvalue weighted by Gasteiger charge is 2.39. The number of carbonyl (C=O) groups is 2. The normalized spacial score (nSPS) is 18.5. The molecule has 2 amide bonds. The zero-order valence-corrected chi connectivity index (χ0v) is 20.0. The maximum Gasteiger partial charge on any atom is 0.261 e. The Labute approximate surface area is 197 Å². The molecular weight excluding hydrogens is 412 g/mol. The van der Waals surface area contributed by atoms with Crippen LogP contribution in [-0.4, -0.2) is 35.9 Å².